The molecule has 2 aromatic rings. The second-order valence-electron chi connectivity index (χ2n) is 3.64. The third kappa shape index (κ3) is 2.14. The smallest absolute Gasteiger partial charge is 0.119 e. The number of fused-ring (bicyclic) bond motifs is 1. The molecule has 0 bridgehead atoms. The molecular weight excluding hydrogens is 229 g/mol. The van der Waals surface area contributed by atoms with Crippen LogP contribution in [0.5, 0.6) is 5.75 Å². The highest BCUT2D eigenvalue weighted by Crippen LogP contribution is 2.22. The molecule has 0 aliphatic heterocycles. The third-order valence-electron chi connectivity index (χ3n) is 2.54. The zero-order valence-electron chi connectivity index (χ0n) is 8.99. The predicted molar refractivity (Wildman–Crippen MR) is 64.1 cm³/mol. The highest BCUT2D eigenvalue weighted by atomic mass is 35.5. The molecule has 1 aromatic heterocycles. The average Bonchev–Trinajstić information content (AvgIpc) is 2.71. The maximum Gasteiger partial charge on any atom is 0.119 e. The summed E-state index contributed by atoms with van der Waals surface area (Å²) in [6, 6.07) is 7.76. The summed E-state index contributed by atoms with van der Waals surface area (Å²) in [5, 5.41) is 0.597. The molecule has 1 heterocycles. The summed E-state index contributed by atoms with van der Waals surface area (Å²) in [4.78, 5) is 0. The first kappa shape index (κ1) is 11.3. The number of aromatic nitrogens is 1. The van der Waals surface area contributed by atoms with Gasteiger partial charge < -0.3 is 9.30 Å². The van der Waals surface area contributed by atoms with E-state index in [-0.39, 0.29) is 0 Å². The number of rotatable bonds is 4. The van der Waals surface area contributed by atoms with Crippen LogP contribution in [0.3, 0.4) is 0 Å². The largest absolute Gasteiger partial charge is 0.497 e. The quantitative estimate of drug-likeness (QED) is 0.750. The predicted octanol–water partition coefficient (Wildman–Crippen LogP) is 3.23. The Balaban J connectivity index is 2.34. The van der Waals surface area contributed by atoms with Crippen LogP contribution in [0.4, 0.5) is 4.39 Å². The van der Waals surface area contributed by atoms with E-state index in [0.29, 0.717) is 6.54 Å². The highest BCUT2D eigenvalue weighted by molar-refractivity contribution is 6.20. The van der Waals surface area contributed by atoms with Gasteiger partial charge in [-0.3, -0.25) is 0 Å². The van der Waals surface area contributed by atoms with Gasteiger partial charge in [-0.15, -0.1) is 11.6 Å². The van der Waals surface area contributed by atoms with Gasteiger partial charge in [0.15, 0.2) is 0 Å². The van der Waals surface area contributed by atoms with Crippen molar-refractivity contribution in [2.75, 3.05) is 13.8 Å². The van der Waals surface area contributed by atoms with E-state index in [1.165, 1.54) is 0 Å². The minimum atomic E-state index is -0.516. The van der Waals surface area contributed by atoms with Crippen LogP contribution in [0, 0.1) is 0 Å². The second-order valence-corrected chi connectivity index (χ2v) is 4.26. The van der Waals surface area contributed by atoms with Crippen LogP contribution in [-0.4, -0.2) is 23.7 Å². The van der Waals surface area contributed by atoms with E-state index in [4.69, 9.17) is 16.3 Å². The molecule has 0 amide bonds. The van der Waals surface area contributed by atoms with Gasteiger partial charge in [0.25, 0.3) is 0 Å². The molecule has 16 heavy (non-hydrogen) atoms. The monoisotopic (exact) mass is 241 g/mol. The molecule has 0 saturated carbocycles. The summed E-state index contributed by atoms with van der Waals surface area (Å²) in [5.74, 6) is 0.818. The standard InChI is InChI=1S/C12H13ClFNO/c1-16-11-2-3-12-9(6-11)4-5-15(12)8-10(13)7-14/h2-6,10H,7-8H2,1H3. The molecule has 1 unspecified atom stereocenters. The molecule has 1 atom stereocenters. The lowest BCUT2D eigenvalue weighted by atomic mass is 10.2. The van der Waals surface area contributed by atoms with Crippen LogP contribution in [-0.2, 0) is 6.54 Å². The molecule has 0 fully saturated rings. The van der Waals surface area contributed by atoms with Gasteiger partial charge in [-0.2, -0.15) is 0 Å². The van der Waals surface area contributed by atoms with E-state index in [1.54, 1.807) is 7.11 Å². The van der Waals surface area contributed by atoms with Crippen molar-refractivity contribution in [1.29, 1.82) is 0 Å². The Morgan fingerprint density at radius 2 is 2.25 bits per heavy atom. The van der Waals surface area contributed by atoms with Crippen LogP contribution in [0.1, 0.15) is 0 Å². The minimum absolute atomic E-state index is 0.474. The maximum atomic E-state index is 12.3. The second kappa shape index (κ2) is 4.74. The molecular formula is C12H13ClFNO. The first-order valence-corrected chi connectivity index (χ1v) is 5.51. The molecule has 0 spiro atoms. The fourth-order valence-corrected chi connectivity index (χ4v) is 1.88. The molecule has 86 valence electrons. The van der Waals surface area contributed by atoms with Crippen molar-refractivity contribution in [2.45, 2.75) is 11.9 Å². The first-order chi connectivity index (χ1) is 7.74. The van der Waals surface area contributed by atoms with Crippen molar-refractivity contribution >= 4 is 22.5 Å². The number of hydrogen-bond acceptors (Lipinski definition) is 1. The Morgan fingerprint density at radius 1 is 1.44 bits per heavy atom. The zero-order chi connectivity index (χ0) is 11.5. The van der Waals surface area contributed by atoms with E-state index >= 15 is 0 Å². The Hall–Kier alpha value is -1.22. The SMILES string of the molecule is COc1ccc2c(ccn2CC(Cl)CF)c1. The van der Waals surface area contributed by atoms with Gasteiger partial charge in [-0.1, -0.05) is 0 Å². The summed E-state index contributed by atoms with van der Waals surface area (Å²) in [6.45, 7) is -0.0364. The summed E-state index contributed by atoms with van der Waals surface area (Å²) in [5.41, 5.74) is 1.04. The Labute approximate surface area is 98.6 Å². The molecule has 0 aliphatic carbocycles. The lowest BCUT2D eigenvalue weighted by Gasteiger charge is -2.08. The van der Waals surface area contributed by atoms with Crippen LogP contribution in [0.2, 0.25) is 0 Å². The topological polar surface area (TPSA) is 14.2 Å². The molecule has 0 N–H and O–H groups in total. The number of halogens is 2. The molecule has 2 rings (SSSR count). The number of methoxy groups -OCH3 is 1. The first-order valence-electron chi connectivity index (χ1n) is 5.07. The van der Waals surface area contributed by atoms with Crippen molar-refractivity contribution in [1.82, 2.24) is 4.57 Å². The summed E-state index contributed by atoms with van der Waals surface area (Å²) in [7, 11) is 1.63. The van der Waals surface area contributed by atoms with Crippen molar-refractivity contribution < 1.29 is 9.13 Å². The Kier molecular flexibility index (Phi) is 3.34. The molecule has 1 aromatic carbocycles. The Morgan fingerprint density at radius 3 is 2.94 bits per heavy atom. The number of nitrogens with zero attached hydrogens (tertiary/aromatic N) is 1. The van der Waals surface area contributed by atoms with Crippen LogP contribution >= 0.6 is 11.6 Å². The van der Waals surface area contributed by atoms with Gasteiger partial charge in [-0.25, -0.2) is 4.39 Å². The molecule has 4 heteroatoms. The van der Waals surface area contributed by atoms with E-state index < -0.39 is 12.1 Å². The normalized spacial score (nSPS) is 12.9. The summed E-state index contributed by atoms with van der Waals surface area (Å²) < 4.78 is 19.4. The third-order valence-corrected chi connectivity index (χ3v) is 2.80. The number of alkyl halides is 2. The highest BCUT2D eigenvalue weighted by Gasteiger charge is 2.07. The number of hydrogen-bond donors (Lipinski definition) is 0. The van der Waals surface area contributed by atoms with Crippen molar-refractivity contribution in [2.24, 2.45) is 0 Å². The van der Waals surface area contributed by atoms with Crippen molar-refractivity contribution in [3.05, 3.63) is 30.5 Å². The fraction of sp³-hybridized carbons (Fsp3) is 0.333. The van der Waals surface area contributed by atoms with E-state index in [2.05, 4.69) is 0 Å². The summed E-state index contributed by atoms with van der Waals surface area (Å²) in [6.07, 6.45) is 1.91. The van der Waals surface area contributed by atoms with E-state index in [0.717, 1.165) is 16.7 Å². The zero-order valence-corrected chi connectivity index (χ0v) is 9.75. The van der Waals surface area contributed by atoms with Gasteiger partial charge in [0.1, 0.15) is 12.4 Å². The van der Waals surface area contributed by atoms with Gasteiger partial charge in [-0.05, 0) is 24.3 Å². The molecule has 0 radical (unpaired) electrons. The van der Waals surface area contributed by atoms with Gasteiger partial charge >= 0.3 is 0 Å². The van der Waals surface area contributed by atoms with Crippen LogP contribution in [0.25, 0.3) is 10.9 Å². The van der Waals surface area contributed by atoms with E-state index in [9.17, 15) is 4.39 Å². The number of ether oxygens (including phenoxy) is 1. The average molecular weight is 242 g/mol. The van der Waals surface area contributed by atoms with Crippen LogP contribution < -0.4 is 4.74 Å². The van der Waals surface area contributed by atoms with Gasteiger partial charge in [0, 0.05) is 23.6 Å². The fourth-order valence-electron chi connectivity index (χ4n) is 1.73. The Bertz CT molecular complexity index is 483. The molecule has 2 nitrogen and oxygen atoms in total. The van der Waals surface area contributed by atoms with Crippen molar-refractivity contribution in [3.8, 4) is 5.75 Å². The molecule has 0 aliphatic rings. The number of benzene rings is 1. The lowest BCUT2D eigenvalue weighted by Crippen LogP contribution is -2.11. The summed E-state index contributed by atoms with van der Waals surface area (Å²) >= 11 is 5.80. The minimum Gasteiger partial charge on any atom is -0.497 e. The van der Waals surface area contributed by atoms with Crippen molar-refractivity contribution in [3.63, 3.8) is 0 Å². The van der Waals surface area contributed by atoms with Gasteiger partial charge in [0.2, 0.25) is 0 Å². The van der Waals surface area contributed by atoms with Gasteiger partial charge in [0.05, 0.1) is 12.5 Å². The lowest BCUT2D eigenvalue weighted by molar-refractivity contribution is 0.415. The maximum absolute atomic E-state index is 12.3. The molecule has 0 saturated heterocycles. The van der Waals surface area contributed by atoms with E-state index in [1.807, 2.05) is 35.0 Å². The van der Waals surface area contributed by atoms with Crippen LogP contribution in [0.15, 0.2) is 30.5 Å².